The number of aromatic carboxylic acids is 1. The van der Waals surface area contributed by atoms with Crippen molar-refractivity contribution in [2.24, 2.45) is 5.73 Å². The third kappa shape index (κ3) is 2.23. The van der Waals surface area contributed by atoms with Crippen LogP contribution in [-0.4, -0.2) is 22.8 Å². The molecule has 1 aromatic rings. The summed E-state index contributed by atoms with van der Waals surface area (Å²) in [5.41, 5.74) is 10.2. The maximum Gasteiger partial charge on any atom is 0.337 e. The van der Waals surface area contributed by atoms with E-state index in [4.69, 9.17) is 21.7 Å². The number of benzene rings is 1. The topological polar surface area (TPSA) is 110 Å². The fourth-order valence-corrected chi connectivity index (χ4v) is 1.17. The minimum Gasteiger partial charge on any atom is -0.478 e. The molecule has 0 saturated carbocycles. The van der Waals surface area contributed by atoms with Crippen molar-refractivity contribution in [1.29, 1.82) is 0 Å². The lowest BCUT2D eigenvalue weighted by Gasteiger charge is -2.11. The number of aliphatic hydroxyl groups is 1. The van der Waals surface area contributed by atoms with Gasteiger partial charge in [0.15, 0.2) is 0 Å². The summed E-state index contributed by atoms with van der Waals surface area (Å²) in [6.07, 6.45) is 0. The van der Waals surface area contributed by atoms with Crippen molar-refractivity contribution in [3.8, 4) is 0 Å². The molecule has 0 radical (unpaired) electrons. The van der Waals surface area contributed by atoms with Gasteiger partial charge in [0.05, 0.1) is 18.2 Å². The van der Waals surface area contributed by atoms with E-state index in [9.17, 15) is 9.18 Å². The van der Waals surface area contributed by atoms with Crippen LogP contribution >= 0.6 is 0 Å². The second kappa shape index (κ2) is 4.24. The van der Waals surface area contributed by atoms with Crippen molar-refractivity contribution < 1.29 is 19.4 Å². The highest BCUT2D eigenvalue weighted by atomic mass is 19.1. The molecule has 0 fully saturated rings. The van der Waals surface area contributed by atoms with Crippen LogP contribution in [0.15, 0.2) is 12.1 Å². The largest absolute Gasteiger partial charge is 0.478 e. The highest BCUT2D eigenvalue weighted by molar-refractivity contribution is 5.93. The normalized spacial score (nSPS) is 12.5. The van der Waals surface area contributed by atoms with Gasteiger partial charge < -0.3 is 21.7 Å². The highest BCUT2D eigenvalue weighted by Gasteiger charge is 2.16. The van der Waals surface area contributed by atoms with Gasteiger partial charge in [0.25, 0.3) is 0 Å². The van der Waals surface area contributed by atoms with Gasteiger partial charge in [-0.05, 0) is 12.1 Å². The molecule has 0 aliphatic rings. The fourth-order valence-electron chi connectivity index (χ4n) is 1.17. The van der Waals surface area contributed by atoms with Crippen LogP contribution in [0, 0.1) is 5.82 Å². The van der Waals surface area contributed by atoms with E-state index in [1.165, 1.54) is 0 Å². The lowest BCUT2D eigenvalue weighted by atomic mass is 10.0. The van der Waals surface area contributed by atoms with Crippen LogP contribution in [-0.2, 0) is 0 Å². The molecule has 0 aromatic heterocycles. The first-order valence-electron chi connectivity index (χ1n) is 4.16. The van der Waals surface area contributed by atoms with Gasteiger partial charge in [0.2, 0.25) is 0 Å². The number of rotatable bonds is 3. The van der Waals surface area contributed by atoms with Crippen LogP contribution in [0.1, 0.15) is 22.0 Å². The zero-order valence-corrected chi connectivity index (χ0v) is 7.77. The lowest BCUT2D eigenvalue weighted by Crippen LogP contribution is -2.17. The Morgan fingerprint density at radius 3 is 2.60 bits per heavy atom. The van der Waals surface area contributed by atoms with Gasteiger partial charge in [-0.1, -0.05) is 0 Å². The number of carboxylic acids is 1. The van der Waals surface area contributed by atoms with Gasteiger partial charge in [-0.15, -0.1) is 0 Å². The Labute approximate surface area is 85.1 Å². The van der Waals surface area contributed by atoms with Crippen molar-refractivity contribution in [2.45, 2.75) is 6.04 Å². The first-order chi connectivity index (χ1) is 6.97. The van der Waals surface area contributed by atoms with Gasteiger partial charge in [-0.25, -0.2) is 9.18 Å². The van der Waals surface area contributed by atoms with Crippen molar-refractivity contribution in [2.75, 3.05) is 12.3 Å². The first-order valence-corrected chi connectivity index (χ1v) is 4.16. The molecule has 82 valence electrons. The Morgan fingerprint density at radius 1 is 1.53 bits per heavy atom. The predicted octanol–water partition coefficient (Wildman–Crippen LogP) is 0.0982. The fraction of sp³-hybridized carbons (Fsp3) is 0.222. The molecule has 0 aliphatic heterocycles. The van der Waals surface area contributed by atoms with Crippen LogP contribution in [0.5, 0.6) is 0 Å². The van der Waals surface area contributed by atoms with Crippen molar-refractivity contribution in [3.63, 3.8) is 0 Å². The molecule has 6 N–H and O–H groups in total. The summed E-state index contributed by atoms with van der Waals surface area (Å²) >= 11 is 0. The number of carboxylic acid groups (broad SMARTS) is 1. The first kappa shape index (κ1) is 11.4. The van der Waals surface area contributed by atoms with Gasteiger partial charge in [0, 0.05) is 11.3 Å². The molecule has 15 heavy (non-hydrogen) atoms. The summed E-state index contributed by atoms with van der Waals surface area (Å²) in [6, 6.07) is 0.964. The minimum absolute atomic E-state index is 0.0656. The maximum absolute atomic E-state index is 13.3. The Kier molecular flexibility index (Phi) is 3.23. The summed E-state index contributed by atoms with van der Waals surface area (Å²) < 4.78 is 13.3. The van der Waals surface area contributed by atoms with Crippen molar-refractivity contribution >= 4 is 11.7 Å². The second-order valence-electron chi connectivity index (χ2n) is 3.06. The maximum atomic E-state index is 13.3. The van der Waals surface area contributed by atoms with E-state index in [-0.39, 0.29) is 16.8 Å². The number of halogens is 1. The van der Waals surface area contributed by atoms with E-state index in [1.807, 2.05) is 0 Å². The summed E-state index contributed by atoms with van der Waals surface area (Å²) in [5, 5.41) is 17.5. The minimum atomic E-state index is -1.26. The van der Waals surface area contributed by atoms with Crippen molar-refractivity contribution in [3.05, 3.63) is 29.1 Å². The monoisotopic (exact) mass is 214 g/mol. The number of aliphatic hydroxyl groups excluding tert-OH is 1. The molecule has 6 heteroatoms. The van der Waals surface area contributed by atoms with Crippen LogP contribution in [0.2, 0.25) is 0 Å². The zero-order valence-electron chi connectivity index (χ0n) is 7.77. The molecule has 5 nitrogen and oxygen atoms in total. The standard InChI is InChI=1S/C9H11FN2O3/c10-6-2-7(11)5(9(14)15)1-4(6)8(12)3-13/h1-2,8,13H,3,11-12H2,(H,14,15)/t8-/m1/s1. The molecule has 0 spiro atoms. The molecule has 0 bridgehead atoms. The molecule has 1 atom stereocenters. The smallest absolute Gasteiger partial charge is 0.337 e. The average Bonchev–Trinajstić information content (AvgIpc) is 2.16. The van der Waals surface area contributed by atoms with E-state index < -0.39 is 24.4 Å². The SMILES string of the molecule is Nc1cc(F)c([C@H](N)CO)cc1C(=O)O. The summed E-state index contributed by atoms with van der Waals surface area (Å²) in [5.74, 6) is -1.99. The van der Waals surface area contributed by atoms with Gasteiger partial charge >= 0.3 is 5.97 Å². The lowest BCUT2D eigenvalue weighted by molar-refractivity contribution is 0.0697. The highest BCUT2D eigenvalue weighted by Crippen LogP contribution is 2.22. The number of nitrogen functional groups attached to an aromatic ring is 1. The number of carbonyl (C=O) groups is 1. The van der Waals surface area contributed by atoms with Gasteiger partial charge in [0.1, 0.15) is 5.82 Å². The Balaban J connectivity index is 3.29. The molecular formula is C9H11FN2O3. The average molecular weight is 214 g/mol. The van der Waals surface area contributed by atoms with Gasteiger partial charge in [-0.3, -0.25) is 0 Å². The van der Waals surface area contributed by atoms with Gasteiger partial charge in [-0.2, -0.15) is 0 Å². The molecule has 0 amide bonds. The predicted molar refractivity (Wildman–Crippen MR) is 51.8 cm³/mol. The van der Waals surface area contributed by atoms with Crippen LogP contribution in [0.4, 0.5) is 10.1 Å². The van der Waals surface area contributed by atoms with E-state index in [2.05, 4.69) is 0 Å². The molecule has 1 rings (SSSR count). The van der Waals surface area contributed by atoms with E-state index in [1.54, 1.807) is 0 Å². The number of nitrogens with two attached hydrogens (primary N) is 2. The molecular weight excluding hydrogens is 203 g/mol. The number of anilines is 1. The second-order valence-corrected chi connectivity index (χ2v) is 3.06. The Morgan fingerprint density at radius 2 is 2.13 bits per heavy atom. The van der Waals surface area contributed by atoms with E-state index in [0.717, 1.165) is 12.1 Å². The molecule has 0 unspecified atom stereocenters. The van der Waals surface area contributed by atoms with Crippen LogP contribution < -0.4 is 11.5 Å². The molecule has 0 aliphatic carbocycles. The molecule has 1 aromatic carbocycles. The van der Waals surface area contributed by atoms with E-state index >= 15 is 0 Å². The molecule has 0 heterocycles. The zero-order chi connectivity index (χ0) is 11.6. The third-order valence-corrected chi connectivity index (χ3v) is 2.00. The molecule has 0 saturated heterocycles. The van der Waals surface area contributed by atoms with Crippen molar-refractivity contribution in [1.82, 2.24) is 0 Å². The Bertz CT molecular complexity index is 395. The van der Waals surface area contributed by atoms with Crippen LogP contribution in [0.3, 0.4) is 0 Å². The quantitative estimate of drug-likeness (QED) is 0.533. The summed E-state index contributed by atoms with van der Waals surface area (Å²) in [4.78, 5) is 10.7. The Hall–Kier alpha value is -1.66. The third-order valence-electron chi connectivity index (χ3n) is 2.00. The van der Waals surface area contributed by atoms with E-state index in [0.29, 0.717) is 0 Å². The van der Waals surface area contributed by atoms with Crippen LogP contribution in [0.25, 0.3) is 0 Å². The number of hydrogen-bond donors (Lipinski definition) is 4. The summed E-state index contributed by atoms with van der Waals surface area (Å²) in [7, 11) is 0. The summed E-state index contributed by atoms with van der Waals surface area (Å²) in [6.45, 7) is -0.472. The number of hydrogen-bond acceptors (Lipinski definition) is 4.